The zero-order valence-electron chi connectivity index (χ0n) is 14.0. The monoisotopic (exact) mass is 381 g/mol. The molecule has 2 N–H and O–H groups in total. The third kappa shape index (κ3) is 6.11. The van der Waals surface area contributed by atoms with Crippen LogP contribution >= 0.6 is 11.8 Å². The molecule has 0 aliphatic rings. The molecule has 0 fully saturated rings. The van der Waals surface area contributed by atoms with Gasteiger partial charge in [-0.2, -0.15) is 18.3 Å². The fourth-order valence-corrected chi connectivity index (χ4v) is 2.66. The molecular formula is C18H18F3N3OS. The Hall–Kier alpha value is -2.48. The highest BCUT2D eigenvalue weighted by Gasteiger charge is 2.34. The van der Waals surface area contributed by atoms with E-state index in [1.807, 2.05) is 30.3 Å². The van der Waals surface area contributed by atoms with Crippen LogP contribution in [0.5, 0.6) is 5.75 Å². The van der Waals surface area contributed by atoms with Crippen molar-refractivity contribution in [3.05, 3.63) is 65.2 Å². The van der Waals surface area contributed by atoms with Gasteiger partial charge in [0.2, 0.25) is 0 Å². The van der Waals surface area contributed by atoms with Gasteiger partial charge in [-0.15, -0.1) is 5.10 Å². The summed E-state index contributed by atoms with van der Waals surface area (Å²) in [6.07, 6.45) is -3.29. The second-order valence-corrected chi connectivity index (χ2v) is 6.14. The van der Waals surface area contributed by atoms with E-state index in [9.17, 15) is 13.2 Å². The molecule has 2 aromatic rings. The van der Waals surface area contributed by atoms with Crippen molar-refractivity contribution in [2.45, 2.75) is 18.9 Å². The summed E-state index contributed by atoms with van der Waals surface area (Å²) >= 11 is 1.30. The molecule has 0 saturated carbocycles. The minimum absolute atomic E-state index is 0.149. The first-order valence-corrected chi connectivity index (χ1v) is 8.76. The first-order chi connectivity index (χ1) is 12.4. The Morgan fingerprint density at radius 2 is 1.92 bits per heavy atom. The number of thioether (sulfide) groups is 1. The molecule has 0 saturated heterocycles. The summed E-state index contributed by atoms with van der Waals surface area (Å²) in [5, 5.41) is 7.79. The summed E-state index contributed by atoms with van der Waals surface area (Å²) in [4.78, 5) is 0. The van der Waals surface area contributed by atoms with Gasteiger partial charge in [0.25, 0.3) is 0 Å². The van der Waals surface area contributed by atoms with Crippen LogP contribution in [0.15, 0.2) is 58.7 Å². The molecule has 0 unspecified atom stereocenters. The van der Waals surface area contributed by atoms with E-state index in [2.05, 4.69) is 10.2 Å². The second-order valence-electron chi connectivity index (χ2n) is 5.14. The highest BCUT2D eigenvalue weighted by molar-refractivity contribution is 8.13. The number of amidine groups is 1. The molecule has 0 heterocycles. The van der Waals surface area contributed by atoms with E-state index in [4.69, 9.17) is 10.5 Å². The number of alkyl halides is 3. The molecule has 4 nitrogen and oxygen atoms in total. The van der Waals surface area contributed by atoms with Gasteiger partial charge in [-0.3, -0.25) is 0 Å². The van der Waals surface area contributed by atoms with Crippen LogP contribution in [0, 0.1) is 0 Å². The maximum absolute atomic E-state index is 13.1. The van der Waals surface area contributed by atoms with Gasteiger partial charge in [0.1, 0.15) is 5.75 Å². The molecule has 0 radical (unpaired) electrons. The van der Waals surface area contributed by atoms with E-state index in [0.29, 0.717) is 5.75 Å². The van der Waals surface area contributed by atoms with Crippen molar-refractivity contribution in [2.24, 2.45) is 15.9 Å². The molecule has 0 aliphatic heterocycles. The van der Waals surface area contributed by atoms with Gasteiger partial charge < -0.3 is 10.5 Å². The fourth-order valence-electron chi connectivity index (χ4n) is 2.04. The average molecular weight is 381 g/mol. The van der Waals surface area contributed by atoms with Crippen molar-refractivity contribution in [1.82, 2.24) is 0 Å². The lowest BCUT2D eigenvalue weighted by molar-refractivity contribution is -0.138. The standard InChI is InChI=1S/C18H18F3N3OS/c1-2-25-16-9-8-14(10-15(16)18(19,20)21)11-23-24-17(22)26-12-13-6-4-3-5-7-13/h3-11H,2,12H2,1H3,(H2,22,24). The number of nitrogens with two attached hydrogens (primary N) is 1. The number of hydrogen-bond donors (Lipinski definition) is 1. The molecule has 0 aromatic heterocycles. The van der Waals surface area contributed by atoms with E-state index in [-0.39, 0.29) is 23.1 Å². The van der Waals surface area contributed by atoms with Crippen molar-refractivity contribution in [1.29, 1.82) is 0 Å². The molecule has 0 atom stereocenters. The molecular weight excluding hydrogens is 363 g/mol. The average Bonchev–Trinajstić information content (AvgIpc) is 2.61. The van der Waals surface area contributed by atoms with Crippen LogP contribution in [0.3, 0.4) is 0 Å². The first-order valence-electron chi connectivity index (χ1n) is 7.77. The number of rotatable bonds is 6. The maximum Gasteiger partial charge on any atom is 0.419 e. The Kier molecular flexibility index (Phi) is 7.08. The lowest BCUT2D eigenvalue weighted by atomic mass is 10.1. The number of benzene rings is 2. The van der Waals surface area contributed by atoms with Gasteiger partial charge >= 0.3 is 6.18 Å². The Balaban J connectivity index is 2.04. The fraction of sp³-hybridized carbons (Fsp3) is 0.222. The minimum atomic E-state index is -4.51. The van der Waals surface area contributed by atoms with Gasteiger partial charge in [-0.05, 0) is 36.2 Å². The molecule has 0 spiro atoms. The molecule has 0 aliphatic carbocycles. The minimum Gasteiger partial charge on any atom is -0.493 e. The summed E-state index contributed by atoms with van der Waals surface area (Å²) in [5.74, 6) is 0.422. The van der Waals surface area contributed by atoms with Crippen LogP contribution in [0.2, 0.25) is 0 Å². The van der Waals surface area contributed by atoms with Gasteiger partial charge in [-0.25, -0.2) is 0 Å². The van der Waals surface area contributed by atoms with Gasteiger partial charge in [0, 0.05) is 5.75 Å². The van der Waals surface area contributed by atoms with Crippen molar-refractivity contribution in [3.8, 4) is 5.75 Å². The van der Waals surface area contributed by atoms with Crippen LogP contribution < -0.4 is 10.5 Å². The quantitative estimate of drug-likeness (QED) is 0.449. The van der Waals surface area contributed by atoms with Gasteiger partial charge in [-0.1, -0.05) is 42.1 Å². The predicted octanol–water partition coefficient (Wildman–Crippen LogP) is 4.69. The zero-order chi connectivity index (χ0) is 19.0. The smallest absolute Gasteiger partial charge is 0.419 e. The topological polar surface area (TPSA) is 60.0 Å². The third-order valence-electron chi connectivity index (χ3n) is 3.20. The molecule has 0 amide bonds. The summed E-state index contributed by atoms with van der Waals surface area (Å²) < 4.78 is 44.3. The second kappa shape index (κ2) is 9.28. The van der Waals surface area contributed by atoms with Crippen LogP contribution in [0.4, 0.5) is 13.2 Å². The lowest BCUT2D eigenvalue weighted by Crippen LogP contribution is -2.09. The number of halogens is 3. The molecule has 26 heavy (non-hydrogen) atoms. The number of hydrogen-bond acceptors (Lipinski definition) is 4. The molecule has 2 rings (SSSR count). The molecule has 8 heteroatoms. The highest BCUT2D eigenvalue weighted by Crippen LogP contribution is 2.36. The molecule has 0 bridgehead atoms. The summed E-state index contributed by atoms with van der Waals surface area (Å²) in [6, 6.07) is 13.4. The Morgan fingerprint density at radius 1 is 1.19 bits per heavy atom. The van der Waals surface area contributed by atoms with Crippen LogP contribution in [-0.4, -0.2) is 18.0 Å². The van der Waals surface area contributed by atoms with Crippen molar-refractivity contribution in [2.75, 3.05) is 6.61 Å². The van der Waals surface area contributed by atoms with Crippen LogP contribution in [0.1, 0.15) is 23.6 Å². The van der Waals surface area contributed by atoms with Crippen molar-refractivity contribution >= 4 is 23.1 Å². The summed E-state index contributed by atoms with van der Waals surface area (Å²) in [7, 11) is 0. The lowest BCUT2D eigenvalue weighted by Gasteiger charge is -2.13. The Morgan fingerprint density at radius 3 is 2.58 bits per heavy atom. The highest BCUT2D eigenvalue weighted by atomic mass is 32.2. The first kappa shape index (κ1) is 19.8. The van der Waals surface area contributed by atoms with E-state index in [1.165, 1.54) is 30.1 Å². The molecule has 2 aromatic carbocycles. The van der Waals surface area contributed by atoms with E-state index in [0.717, 1.165) is 11.6 Å². The number of ether oxygens (including phenoxy) is 1. The van der Waals surface area contributed by atoms with Crippen molar-refractivity contribution in [3.63, 3.8) is 0 Å². The Labute approximate surface area is 154 Å². The predicted molar refractivity (Wildman–Crippen MR) is 99.6 cm³/mol. The van der Waals surface area contributed by atoms with E-state index < -0.39 is 11.7 Å². The van der Waals surface area contributed by atoms with Crippen LogP contribution in [-0.2, 0) is 11.9 Å². The Bertz CT molecular complexity index is 777. The van der Waals surface area contributed by atoms with E-state index >= 15 is 0 Å². The van der Waals surface area contributed by atoms with Crippen molar-refractivity contribution < 1.29 is 17.9 Å². The van der Waals surface area contributed by atoms with E-state index in [1.54, 1.807) is 6.92 Å². The summed E-state index contributed by atoms with van der Waals surface area (Å²) in [6.45, 7) is 1.77. The van der Waals surface area contributed by atoms with Gasteiger partial charge in [0.15, 0.2) is 5.17 Å². The number of nitrogens with zero attached hydrogens (tertiary/aromatic N) is 2. The summed E-state index contributed by atoms with van der Waals surface area (Å²) in [5.41, 5.74) is 6.24. The maximum atomic E-state index is 13.1. The third-order valence-corrected chi connectivity index (χ3v) is 4.06. The molecule has 138 valence electrons. The SMILES string of the molecule is CCOc1ccc(C=NN=C(N)SCc2ccccc2)cc1C(F)(F)F. The van der Waals surface area contributed by atoms with Crippen LogP contribution in [0.25, 0.3) is 0 Å². The normalized spacial score (nSPS) is 12.5. The van der Waals surface area contributed by atoms with Gasteiger partial charge in [0.05, 0.1) is 18.4 Å². The largest absolute Gasteiger partial charge is 0.493 e. The zero-order valence-corrected chi connectivity index (χ0v) is 14.8.